The summed E-state index contributed by atoms with van der Waals surface area (Å²) in [5.41, 5.74) is 1.46. The average Bonchev–Trinajstić information content (AvgIpc) is 2.76. The van der Waals surface area contributed by atoms with Gasteiger partial charge in [-0.25, -0.2) is 0 Å². The van der Waals surface area contributed by atoms with Crippen molar-refractivity contribution >= 4 is 28.3 Å². The molecule has 5 heteroatoms. The topological polar surface area (TPSA) is 58.6 Å². The Balaban J connectivity index is 1.84. The maximum absolute atomic E-state index is 12.5. The van der Waals surface area contributed by atoms with Gasteiger partial charge in [0.05, 0.1) is 12.3 Å². The number of anilines is 1. The van der Waals surface area contributed by atoms with Crippen molar-refractivity contribution < 1.29 is 14.3 Å². The van der Waals surface area contributed by atoms with Gasteiger partial charge < -0.3 is 10.1 Å². The molecule has 1 aliphatic heterocycles. The third-order valence-corrected chi connectivity index (χ3v) is 3.77. The fraction of sp³-hybridized carbons (Fsp3) is 0.294. The maximum Gasteiger partial charge on any atom is 0.259 e. The van der Waals surface area contributed by atoms with Crippen LogP contribution in [0.25, 0.3) is 10.8 Å². The lowest BCUT2D eigenvalue weighted by Gasteiger charge is -2.19. The smallest absolute Gasteiger partial charge is 0.259 e. The highest BCUT2D eigenvalue weighted by Gasteiger charge is 2.30. The Hall–Kier alpha value is -2.40. The van der Waals surface area contributed by atoms with Crippen LogP contribution < -0.4 is 10.2 Å². The van der Waals surface area contributed by atoms with E-state index in [1.165, 1.54) is 4.90 Å². The molecule has 2 aromatic rings. The standard InChI is InChI=1S/C17H18N2O3/c1-11(10-22-2)18-15(20)9-19-14-8-4-6-12-5-3-7-13(16(12)14)17(19)21/h3-8,11H,9-10H2,1-2H3,(H,18,20)/t11-/m0/s1. The highest BCUT2D eigenvalue weighted by Crippen LogP contribution is 2.36. The van der Waals surface area contributed by atoms with Crippen LogP contribution in [0.2, 0.25) is 0 Å². The zero-order chi connectivity index (χ0) is 15.7. The molecule has 1 aliphatic rings. The molecule has 0 bridgehead atoms. The molecular formula is C17H18N2O3. The van der Waals surface area contributed by atoms with Gasteiger partial charge in [0, 0.05) is 24.1 Å². The van der Waals surface area contributed by atoms with Crippen LogP contribution in [0.5, 0.6) is 0 Å². The second kappa shape index (κ2) is 5.77. The van der Waals surface area contributed by atoms with Gasteiger partial charge in [0.2, 0.25) is 5.91 Å². The largest absolute Gasteiger partial charge is 0.383 e. The Morgan fingerprint density at radius 1 is 1.27 bits per heavy atom. The number of rotatable bonds is 5. The third kappa shape index (κ3) is 2.44. The van der Waals surface area contributed by atoms with Gasteiger partial charge in [0.1, 0.15) is 6.54 Å². The highest BCUT2D eigenvalue weighted by molar-refractivity contribution is 6.26. The number of nitrogens with zero attached hydrogens (tertiary/aromatic N) is 1. The Bertz CT molecular complexity index is 737. The number of carbonyl (C=O) groups excluding carboxylic acids is 2. The van der Waals surface area contributed by atoms with Crippen molar-refractivity contribution in [2.45, 2.75) is 13.0 Å². The molecule has 1 atom stereocenters. The summed E-state index contributed by atoms with van der Waals surface area (Å²) in [5.74, 6) is -0.316. The summed E-state index contributed by atoms with van der Waals surface area (Å²) in [4.78, 5) is 26.2. The van der Waals surface area contributed by atoms with Crippen LogP contribution >= 0.6 is 0 Å². The molecular weight excluding hydrogens is 280 g/mol. The van der Waals surface area contributed by atoms with Gasteiger partial charge in [-0.3, -0.25) is 14.5 Å². The van der Waals surface area contributed by atoms with E-state index in [2.05, 4.69) is 5.32 Å². The third-order valence-electron chi connectivity index (χ3n) is 3.77. The predicted octanol–water partition coefficient (Wildman–Crippen LogP) is 1.95. The van der Waals surface area contributed by atoms with E-state index in [-0.39, 0.29) is 24.4 Å². The molecule has 2 aromatic carbocycles. The van der Waals surface area contributed by atoms with Gasteiger partial charge in [-0.05, 0) is 24.4 Å². The van der Waals surface area contributed by atoms with Crippen molar-refractivity contribution in [3.8, 4) is 0 Å². The van der Waals surface area contributed by atoms with Gasteiger partial charge in [0.25, 0.3) is 5.91 Å². The summed E-state index contributed by atoms with van der Waals surface area (Å²) in [6, 6.07) is 11.3. The van der Waals surface area contributed by atoms with Crippen LogP contribution in [0, 0.1) is 0 Å². The van der Waals surface area contributed by atoms with Crippen LogP contribution in [0.15, 0.2) is 36.4 Å². The number of hydrogen-bond donors (Lipinski definition) is 1. The summed E-state index contributed by atoms with van der Waals surface area (Å²) in [7, 11) is 1.59. The van der Waals surface area contributed by atoms with E-state index in [0.717, 1.165) is 16.5 Å². The number of benzene rings is 2. The normalized spacial score (nSPS) is 14.5. The van der Waals surface area contributed by atoms with E-state index in [1.807, 2.05) is 37.3 Å². The molecule has 0 radical (unpaired) electrons. The minimum Gasteiger partial charge on any atom is -0.383 e. The molecule has 0 saturated heterocycles. The Labute approximate surface area is 128 Å². The molecule has 114 valence electrons. The first kappa shape index (κ1) is 14.5. The van der Waals surface area contributed by atoms with E-state index in [1.54, 1.807) is 13.2 Å². The Morgan fingerprint density at radius 3 is 2.73 bits per heavy atom. The SMILES string of the molecule is COC[C@H](C)NC(=O)CN1C(=O)c2cccc3cccc1c23. The molecule has 3 rings (SSSR count). The molecule has 1 N–H and O–H groups in total. The second-order valence-corrected chi connectivity index (χ2v) is 5.50. The molecule has 0 spiro atoms. The zero-order valence-electron chi connectivity index (χ0n) is 12.6. The number of hydrogen-bond acceptors (Lipinski definition) is 3. The summed E-state index contributed by atoms with van der Waals surface area (Å²) >= 11 is 0. The minimum atomic E-state index is -0.192. The predicted molar refractivity (Wildman–Crippen MR) is 85.1 cm³/mol. The lowest BCUT2D eigenvalue weighted by atomic mass is 10.1. The van der Waals surface area contributed by atoms with Crippen LogP contribution in [0.1, 0.15) is 17.3 Å². The second-order valence-electron chi connectivity index (χ2n) is 5.50. The molecule has 1 heterocycles. The first-order valence-corrected chi connectivity index (χ1v) is 7.23. The van der Waals surface area contributed by atoms with E-state index < -0.39 is 0 Å². The number of methoxy groups -OCH3 is 1. The van der Waals surface area contributed by atoms with Crippen LogP contribution in [0.4, 0.5) is 5.69 Å². The number of amides is 2. The molecule has 0 fully saturated rings. The zero-order valence-corrected chi connectivity index (χ0v) is 12.6. The fourth-order valence-corrected chi connectivity index (χ4v) is 2.89. The molecule has 5 nitrogen and oxygen atoms in total. The van der Waals surface area contributed by atoms with Crippen molar-refractivity contribution in [1.82, 2.24) is 5.32 Å². The Kier molecular flexibility index (Phi) is 3.81. The van der Waals surface area contributed by atoms with Crippen LogP contribution in [-0.4, -0.2) is 38.1 Å². The molecule has 22 heavy (non-hydrogen) atoms. The molecule has 0 aromatic heterocycles. The van der Waals surface area contributed by atoms with Gasteiger partial charge in [-0.15, -0.1) is 0 Å². The van der Waals surface area contributed by atoms with Crippen molar-refractivity contribution in [2.75, 3.05) is 25.2 Å². The molecule has 0 unspecified atom stereocenters. The quantitative estimate of drug-likeness (QED) is 0.918. The number of nitrogens with one attached hydrogen (secondary N) is 1. The monoisotopic (exact) mass is 298 g/mol. The first-order valence-electron chi connectivity index (χ1n) is 7.23. The molecule has 0 aliphatic carbocycles. The summed E-state index contributed by atoms with van der Waals surface area (Å²) in [6.45, 7) is 2.32. The van der Waals surface area contributed by atoms with Crippen LogP contribution in [-0.2, 0) is 9.53 Å². The van der Waals surface area contributed by atoms with Gasteiger partial charge in [-0.1, -0.05) is 24.3 Å². The average molecular weight is 298 g/mol. The maximum atomic E-state index is 12.5. The van der Waals surface area contributed by atoms with Gasteiger partial charge in [0.15, 0.2) is 0 Å². The van der Waals surface area contributed by atoms with Crippen molar-refractivity contribution in [1.29, 1.82) is 0 Å². The van der Waals surface area contributed by atoms with Gasteiger partial charge >= 0.3 is 0 Å². The number of ether oxygens (including phenoxy) is 1. The summed E-state index contributed by atoms with van der Waals surface area (Å²) < 4.78 is 5.00. The van der Waals surface area contributed by atoms with Crippen LogP contribution in [0.3, 0.4) is 0 Å². The molecule has 2 amide bonds. The van der Waals surface area contributed by atoms with Crippen molar-refractivity contribution in [3.05, 3.63) is 42.0 Å². The van der Waals surface area contributed by atoms with E-state index in [4.69, 9.17) is 4.74 Å². The summed E-state index contributed by atoms with van der Waals surface area (Å²) in [6.07, 6.45) is 0. The minimum absolute atomic E-state index is 0.0146. The van der Waals surface area contributed by atoms with E-state index >= 15 is 0 Å². The van der Waals surface area contributed by atoms with Crippen molar-refractivity contribution in [3.63, 3.8) is 0 Å². The Morgan fingerprint density at radius 2 is 2.00 bits per heavy atom. The highest BCUT2D eigenvalue weighted by atomic mass is 16.5. The van der Waals surface area contributed by atoms with E-state index in [9.17, 15) is 9.59 Å². The van der Waals surface area contributed by atoms with Crippen molar-refractivity contribution in [2.24, 2.45) is 0 Å². The summed E-state index contributed by atoms with van der Waals surface area (Å²) in [5, 5.41) is 4.77. The lowest BCUT2D eigenvalue weighted by molar-refractivity contribution is -0.120. The fourth-order valence-electron chi connectivity index (χ4n) is 2.89. The van der Waals surface area contributed by atoms with E-state index in [0.29, 0.717) is 12.2 Å². The first-order chi connectivity index (χ1) is 10.6. The molecule has 0 saturated carbocycles. The number of carbonyl (C=O) groups is 2. The lowest BCUT2D eigenvalue weighted by Crippen LogP contribution is -2.43. The van der Waals surface area contributed by atoms with Gasteiger partial charge in [-0.2, -0.15) is 0 Å².